The first kappa shape index (κ1) is 25.9. The summed E-state index contributed by atoms with van der Waals surface area (Å²) in [5, 5.41) is 0. The second kappa shape index (κ2) is 18.3. The van der Waals surface area contributed by atoms with Gasteiger partial charge in [-0.2, -0.15) is 0 Å². The van der Waals surface area contributed by atoms with Gasteiger partial charge < -0.3 is 9.47 Å². The van der Waals surface area contributed by atoms with Gasteiger partial charge in [0.05, 0.1) is 19.1 Å². The van der Waals surface area contributed by atoms with Gasteiger partial charge in [0.2, 0.25) is 0 Å². The zero-order valence-corrected chi connectivity index (χ0v) is 18.4. The molecular weight excluding hydrogens is 340 g/mol. The van der Waals surface area contributed by atoms with Gasteiger partial charge in [-0.25, -0.2) is 0 Å². The molecule has 0 aliphatic carbocycles. The number of carbonyl (C=O) groups is 2. The van der Waals surface area contributed by atoms with Crippen LogP contribution in [-0.4, -0.2) is 25.2 Å². The van der Waals surface area contributed by atoms with Crippen LogP contribution in [0.4, 0.5) is 0 Å². The minimum absolute atomic E-state index is 0.000983. The largest absolute Gasteiger partial charge is 0.466 e. The third-order valence-corrected chi connectivity index (χ3v) is 5.27. The molecule has 0 aromatic rings. The van der Waals surface area contributed by atoms with Crippen molar-refractivity contribution in [2.24, 2.45) is 11.8 Å². The number of ether oxygens (including phenoxy) is 2. The number of hydrogen-bond acceptors (Lipinski definition) is 4. The van der Waals surface area contributed by atoms with Gasteiger partial charge in [-0.05, 0) is 31.6 Å². The molecule has 0 aromatic carbocycles. The first-order valence-corrected chi connectivity index (χ1v) is 11.3. The third-order valence-electron chi connectivity index (χ3n) is 5.27. The maximum absolute atomic E-state index is 12.0. The van der Waals surface area contributed by atoms with Gasteiger partial charge in [0.25, 0.3) is 0 Å². The highest BCUT2D eigenvalue weighted by Gasteiger charge is 2.21. The maximum Gasteiger partial charge on any atom is 0.308 e. The molecule has 27 heavy (non-hydrogen) atoms. The summed E-state index contributed by atoms with van der Waals surface area (Å²) in [5.41, 5.74) is 0. The van der Waals surface area contributed by atoms with E-state index >= 15 is 0 Å². The zero-order chi connectivity index (χ0) is 20.3. The normalized spacial score (nSPS) is 13.2. The molecule has 0 heterocycles. The lowest BCUT2D eigenvalue weighted by Crippen LogP contribution is -2.22. The molecular formula is C23H44O4. The van der Waals surface area contributed by atoms with E-state index in [1.165, 1.54) is 32.1 Å². The van der Waals surface area contributed by atoms with Gasteiger partial charge in [-0.1, -0.05) is 79.1 Å². The SMILES string of the molecule is CCCCOC(=O)CCCCCCCCCC(C)C(C)C(=O)OCCCC. The van der Waals surface area contributed by atoms with E-state index in [1.807, 2.05) is 6.92 Å². The Hall–Kier alpha value is -1.06. The topological polar surface area (TPSA) is 52.6 Å². The zero-order valence-electron chi connectivity index (χ0n) is 18.4. The summed E-state index contributed by atoms with van der Waals surface area (Å²) in [5.74, 6) is 0.306. The molecule has 0 aliphatic heterocycles. The molecule has 0 aliphatic rings. The van der Waals surface area contributed by atoms with Crippen molar-refractivity contribution in [3.8, 4) is 0 Å². The first-order valence-electron chi connectivity index (χ1n) is 11.3. The first-order chi connectivity index (χ1) is 13.0. The van der Waals surface area contributed by atoms with Gasteiger partial charge in [0.15, 0.2) is 0 Å². The number of esters is 2. The van der Waals surface area contributed by atoms with Gasteiger partial charge in [0, 0.05) is 6.42 Å². The van der Waals surface area contributed by atoms with E-state index in [2.05, 4.69) is 20.8 Å². The predicted molar refractivity (Wildman–Crippen MR) is 112 cm³/mol. The number of hydrogen-bond donors (Lipinski definition) is 0. The van der Waals surface area contributed by atoms with Crippen molar-refractivity contribution in [1.82, 2.24) is 0 Å². The monoisotopic (exact) mass is 384 g/mol. The second-order valence-electron chi connectivity index (χ2n) is 7.87. The Balaban J connectivity index is 3.49. The van der Waals surface area contributed by atoms with Crippen LogP contribution in [0.2, 0.25) is 0 Å². The van der Waals surface area contributed by atoms with Crippen LogP contribution in [0.5, 0.6) is 0 Å². The average molecular weight is 385 g/mol. The van der Waals surface area contributed by atoms with Gasteiger partial charge in [0.1, 0.15) is 0 Å². The third kappa shape index (κ3) is 15.7. The van der Waals surface area contributed by atoms with Crippen LogP contribution in [0.15, 0.2) is 0 Å². The lowest BCUT2D eigenvalue weighted by molar-refractivity contribution is -0.150. The molecule has 0 saturated carbocycles. The lowest BCUT2D eigenvalue weighted by atomic mass is 9.90. The molecule has 0 amide bonds. The van der Waals surface area contributed by atoms with Crippen LogP contribution >= 0.6 is 0 Å². The summed E-state index contributed by atoms with van der Waals surface area (Å²) in [6.45, 7) is 9.48. The van der Waals surface area contributed by atoms with Crippen molar-refractivity contribution in [2.75, 3.05) is 13.2 Å². The lowest BCUT2D eigenvalue weighted by Gasteiger charge is -2.18. The van der Waals surface area contributed by atoms with Crippen molar-refractivity contribution < 1.29 is 19.1 Å². The van der Waals surface area contributed by atoms with E-state index in [0.717, 1.165) is 44.9 Å². The molecule has 2 unspecified atom stereocenters. The molecule has 0 rings (SSSR count). The molecule has 0 spiro atoms. The molecule has 0 aromatic heterocycles. The molecule has 2 atom stereocenters. The predicted octanol–water partition coefficient (Wildman–Crippen LogP) is 6.46. The summed E-state index contributed by atoms with van der Waals surface area (Å²) in [6.07, 6.45) is 13.8. The van der Waals surface area contributed by atoms with E-state index in [9.17, 15) is 9.59 Å². The minimum atomic E-state index is -0.0419. The van der Waals surface area contributed by atoms with Crippen LogP contribution < -0.4 is 0 Å². The minimum Gasteiger partial charge on any atom is -0.466 e. The molecule has 0 N–H and O–H groups in total. The standard InChI is InChI=1S/C23H44O4/c1-5-7-18-26-22(24)17-15-13-11-9-10-12-14-16-20(3)21(4)23(25)27-19-8-6-2/h20-21H,5-19H2,1-4H3. The number of unbranched alkanes of at least 4 members (excludes halogenated alkanes) is 8. The van der Waals surface area contributed by atoms with Crippen LogP contribution in [0, 0.1) is 11.8 Å². The van der Waals surface area contributed by atoms with Crippen molar-refractivity contribution in [1.29, 1.82) is 0 Å². The Morgan fingerprint density at radius 3 is 1.81 bits per heavy atom. The van der Waals surface area contributed by atoms with Crippen molar-refractivity contribution in [3.63, 3.8) is 0 Å². The fraction of sp³-hybridized carbons (Fsp3) is 0.913. The average Bonchev–Trinajstić information content (AvgIpc) is 2.66. The molecule has 160 valence electrons. The fourth-order valence-electron chi connectivity index (χ4n) is 2.95. The Bertz CT molecular complexity index is 367. The van der Waals surface area contributed by atoms with E-state index in [4.69, 9.17) is 9.47 Å². The summed E-state index contributed by atoms with van der Waals surface area (Å²) < 4.78 is 10.5. The highest BCUT2D eigenvalue weighted by atomic mass is 16.5. The van der Waals surface area contributed by atoms with Crippen molar-refractivity contribution in [3.05, 3.63) is 0 Å². The maximum atomic E-state index is 12.0. The van der Waals surface area contributed by atoms with Crippen LogP contribution in [0.25, 0.3) is 0 Å². The quantitative estimate of drug-likeness (QED) is 0.201. The molecule has 0 fully saturated rings. The Labute approximate surface area is 167 Å². The van der Waals surface area contributed by atoms with Crippen molar-refractivity contribution >= 4 is 11.9 Å². The highest BCUT2D eigenvalue weighted by molar-refractivity contribution is 5.72. The Morgan fingerprint density at radius 1 is 0.704 bits per heavy atom. The van der Waals surface area contributed by atoms with E-state index in [0.29, 0.717) is 25.6 Å². The van der Waals surface area contributed by atoms with Gasteiger partial charge in [-0.3, -0.25) is 9.59 Å². The fourth-order valence-corrected chi connectivity index (χ4v) is 2.95. The molecule has 0 radical (unpaired) electrons. The van der Waals surface area contributed by atoms with Gasteiger partial charge in [-0.15, -0.1) is 0 Å². The molecule has 4 nitrogen and oxygen atoms in total. The van der Waals surface area contributed by atoms with Crippen LogP contribution in [0.3, 0.4) is 0 Å². The number of carbonyl (C=O) groups excluding carboxylic acids is 2. The van der Waals surface area contributed by atoms with Gasteiger partial charge >= 0.3 is 11.9 Å². The number of rotatable bonds is 18. The summed E-state index contributed by atoms with van der Waals surface area (Å²) in [4.78, 5) is 23.4. The molecule has 4 heteroatoms. The summed E-state index contributed by atoms with van der Waals surface area (Å²) >= 11 is 0. The van der Waals surface area contributed by atoms with E-state index in [1.54, 1.807) is 0 Å². The second-order valence-corrected chi connectivity index (χ2v) is 7.87. The highest BCUT2D eigenvalue weighted by Crippen LogP contribution is 2.20. The summed E-state index contributed by atoms with van der Waals surface area (Å²) in [7, 11) is 0. The Morgan fingerprint density at radius 2 is 1.22 bits per heavy atom. The smallest absolute Gasteiger partial charge is 0.308 e. The van der Waals surface area contributed by atoms with E-state index < -0.39 is 0 Å². The Kier molecular flexibility index (Phi) is 17.6. The molecule has 0 bridgehead atoms. The van der Waals surface area contributed by atoms with Crippen molar-refractivity contribution in [2.45, 2.75) is 111 Å². The van der Waals surface area contributed by atoms with E-state index in [-0.39, 0.29) is 17.9 Å². The molecule has 0 saturated heterocycles. The van der Waals surface area contributed by atoms with Crippen LogP contribution in [0.1, 0.15) is 111 Å². The summed E-state index contributed by atoms with van der Waals surface area (Å²) in [6, 6.07) is 0. The van der Waals surface area contributed by atoms with Crippen LogP contribution in [-0.2, 0) is 19.1 Å².